The average molecular weight is 241 g/mol. The SMILES string of the molecule is CCC(NC(=O)CN1CCCNCC1)C(C)C. The van der Waals surface area contributed by atoms with E-state index in [1.165, 1.54) is 0 Å². The van der Waals surface area contributed by atoms with Gasteiger partial charge >= 0.3 is 0 Å². The Hall–Kier alpha value is -0.610. The molecule has 100 valence electrons. The highest BCUT2D eigenvalue weighted by Crippen LogP contribution is 2.05. The van der Waals surface area contributed by atoms with E-state index in [1.54, 1.807) is 0 Å². The second kappa shape index (κ2) is 7.67. The molecular weight excluding hydrogens is 214 g/mol. The van der Waals surface area contributed by atoms with Crippen LogP contribution < -0.4 is 10.6 Å². The first-order valence-electron chi connectivity index (χ1n) is 6.86. The van der Waals surface area contributed by atoms with Crippen LogP contribution in [0.15, 0.2) is 0 Å². The van der Waals surface area contributed by atoms with Crippen LogP contribution in [0, 0.1) is 5.92 Å². The predicted octanol–water partition coefficient (Wildman–Crippen LogP) is 0.833. The minimum absolute atomic E-state index is 0.174. The van der Waals surface area contributed by atoms with Gasteiger partial charge in [0.25, 0.3) is 0 Å². The summed E-state index contributed by atoms with van der Waals surface area (Å²) < 4.78 is 0. The highest BCUT2D eigenvalue weighted by Gasteiger charge is 2.17. The van der Waals surface area contributed by atoms with Crippen LogP contribution in [0.3, 0.4) is 0 Å². The van der Waals surface area contributed by atoms with Crippen molar-refractivity contribution < 1.29 is 4.79 Å². The summed E-state index contributed by atoms with van der Waals surface area (Å²) in [5.74, 6) is 0.683. The van der Waals surface area contributed by atoms with Crippen molar-refractivity contribution in [2.75, 3.05) is 32.7 Å². The lowest BCUT2D eigenvalue weighted by molar-refractivity contribution is -0.123. The molecule has 4 heteroatoms. The zero-order chi connectivity index (χ0) is 12.7. The van der Waals surface area contributed by atoms with E-state index in [0.717, 1.165) is 39.0 Å². The Bertz CT molecular complexity index is 223. The lowest BCUT2D eigenvalue weighted by Gasteiger charge is -2.24. The molecule has 0 bridgehead atoms. The van der Waals surface area contributed by atoms with Gasteiger partial charge in [-0.15, -0.1) is 0 Å². The molecular formula is C13H27N3O. The number of hydrogen-bond donors (Lipinski definition) is 2. The molecule has 1 rings (SSSR count). The van der Waals surface area contributed by atoms with Crippen molar-refractivity contribution in [3.8, 4) is 0 Å². The average Bonchev–Trinajstić information content (AvgIpc) is 2.54. The highest BCUT2D eigenvalue weighted by molar-refractivity contribution is 5.78. The van der Waals surface area contributed by atoms with Crippen molar-refractivity contribution in [1.29, 1.82) is 0 Å². The van der Waals surface area contributed by atoms with Gasteiger partial charge in [-0.3, -0.25) is 9.69 Å². The summed E-state index contributed by atoms with van der Waals surface area (Å²) in [4.78, 5) is 14.2. The van der Waals surface area contributed by atoms with Gasteiger partial charge in [-0.1, -0.05) is 20.8 Å². The minimum Gasteiger partial charge on any atom is -0.352 e. The molecule has 1 saturated heterocycles. The number of nitrogens with zero attached hydrogens (tertiary/aromatic N) is 1. The Balaban J connectivity index is 2.32. The van der Waals surface area contributed by atoms with Crippen molar-refractivity contribution >= 4 is 5.91 Å². The second-order valence-electron chi connectivity index (χ2n) is 5.21. The molecule has 1 amide bonds. The van der Waals surface area contributed by atoms with Crippen LogP contribution in [0.4, 0.5) is 0 Å². The molecule has 17 heavy (non-hydrogen) atoms. The van der Waals surface area contributed by atoms with Crippen molar-refractivity contribution in [3.05, 3.63) is 0 Å². The Morgan fingerprint density at radius 3 is 2.76 bits per heavy atom. The first kappa shape index (κ1) is 14.5. The van der Waals surface area contributed by atoms with Crippen LogP contribution in [0.1, 0.15) is 33.6 Å². The molecule has 0 aromatic rings. The Morgan fingerprint density at radius 1 is 1.35 bits per heavy atom. The highest BCUT2D eigenvalue weighted by atomic mass is 16.2. The van der Waals surface area contributed by atoms with Gasteiger partial charge in [-0.05, 0) is 31.8 Å². The number of rotatable bonds is 5. The molecule has 0 radical (unpaired) electrons. The molecule has 2 N–H and O–H groups in total. The molecule has 4 nitrogen and oxygen atoms in total. The topological polar surface area (TPSA) is 44.4 Å². The first-order chi connectivity index (χ1) is 8.13. The predicted molar refractivity (Wildman–Crippen MR) is 71.0 cm³/mol. The number of nitrogens with one attached hydrogen (secondary N) is 2. The third-order valence-corrected chi connectivity index (χ3v) is 3.39. The second-order valence-corrected chi connectivity index (χ2v) is 5.21. The Labute approximate surface area is 105 Å². The quantitative estimate of drug-likeness (QED) is 0.749. The zero-order valence-electron chi connectivity index (χ0n) is 11.5. The smallest absolute Gasteiger partial charge is 0.234 e. The van der Waals surface area contributed by atoms with E-state index < -0.39 is 0 Å². The lowest BCUT2D eigenvalue weighted by Crippen LogP contribution is -2.44. The van der Waals surface area contributed by atoms with Crippen LogP contribution in [0.5, 0.6) is 0 Å². The molecule has 1 atom stereocenters. The number of carbonyl (C=O) groups excluding carboxylic acids is 1. The summed E-state index contributed by atoms with van der Waals surface area (Å²) in [7, 11) is 0. The lowest BCUT2D eigenvalue weighted by atomic mass is 10.0. The van der Waals surface area contributed by atoms with E-state index >= 15 is 0 Å². The van der Waals surface area contributed by atoms with E-state index in [2.05, 4.69) is 36.3 Å². The zero-order valence-corrected chi connectivity index (χ0v) is 11.5. The third kappa shape index (κ3) is 5.50. The molecule has 1 heterocycles. The van der Waals surface area contributed by atoms with Gasteiger partial charge in [0.1, 0.15) is 0 Å². The van der Waals surface area contributed by atoms with Crippen LogP contribution in [-0.4, -0.2) is 49.6 Å². The molecule has 1 unspecified atom stereocenters. The summed E-state index contributed by atoms with van der Waals surface area (Å²) in [5.41, 5.74) is 0. The molecule has 0 aromatic heterocycles. The minimum atomic E-state index is 0.174. The van der Waals surface area contributed by atoms with Gasteiger partial charge in [0.05, 0.1) is 6.54 Å². The van der Waals surface area contributed by atoms with Gasteiger partial charge < -0.3 is 10.6 Å². The van der Waals surface area contributed by atoms with E-state index in [-0.39, 0.29) is 5.91 Å². The summed E-state index contributed by atoms with van der Waals surface area (Å²) >= 11 is 0. The maximum atomic E-state index is 11.9. The first-order valence-corrected chi connectivity index (χ1v) is 6.86. The largest absolute Gasteiger partial charge is 0.352 e. The van der Waals surface area contributed by atoms with Crippen LogP contribution in [0.25, 0.3) is 0 Å². The molecule has 1 aliphatic rings. The standard InChI is InChI=1S/C13H27N3O/c1-4-12(11(2)3)15-13(17)10-16-8-5-6-14-7-9-16/h11-12,14H,4-10H2,1-3H3,(H,15,17). The van der Waals surface area contributed by atoms with Crippen molar-refractivity contribution in [2.24, 2.45) is 5.92 Å². The van der Waals surface area contributed by atoms with Crippen molar-refractivity contribution in [3.63, 3.8) is 0 Å². The van der Waals surface area contributed by atoms with Crippen LogP contribution >= 0.6 is 0 Å². The third-order valence-electron chi connectivity index (χ3n) is 3.39. The van der Waals surface area contributed by atoms with Gasteiger partial charge in [-0.25, -0.2) is 0 Å². The van der Waals surface area contributed by atoms with Gasteiger partial charge in [0, 0.05) is 19.1 Å². The fourth-order valence-electron chi connectivity index (χ4n) is 2.26. The fraction of sp³-hybridized carbons (Fsp3) is 0.923. The van der Waals surface area contributed by atoms with Gasteiger partial charge in [0.15, 0.2) is 0 Å². The van der Waals surface area contributed by atoms with Crippen molar-refractivity contribution in [2.45, 2.75) is 39.7 Å². The Morgan fingerprint density at radius 2 is 2.12 bits per heavy atom. The van der Waals surface area contributed by atoms with E-state index in [1.807, 2.05) is 0 Å². The molecule has 0 saturated carbocycles. The van der Waals surface area contributed by atoms with E-state index in [9.17, 15) is 4.79 Å². The molecule has 1 aliphatic heterocycles. The van der Waals surface area contributed by atoms with E-state index in [0.29, 0.717) is 18.5 Å². The summed E-state index contributed by atoms with van der Waals surface area (Å²) in [6, 6.07) is 0.313. The molecule has 0 spiro atoms. The maximum absolute atomic E-state index is 11.9. The molecule has 1 fully saturated rings. The van der Waals surface area contributed by atoms with Crippen LogP contribution in [-0.2, 0) is 4.79 Å². The normalized spacial score (nSPS) is 20.0. The molecule has 0 aromatic carbocycles. The van der Waals surface area contributed by atoms with Crippen molar-refractivity contribution in [1.82, 2.24) is 15.5 Å². The number of amides is 1. The Kier molecular flexibility index (Phi) is 6.52. The summed E-state index contributed by atoms with van der Waals surface area (Å²) in [6.45, 7) is 11.1. The van der Waals surface area contributed by atoms with Gasteiger partial charge in [-0.2, -0.15) is 0 Å². The maximum Gasteiger partial charge on any atom is 0.234 e. The monoisotopic (exact) mass is 241 g/mol. The molecule has 0 aliphatic carbocycles. The van der Waals surface area contributed by atoms with Crippen LogP contribution in [0.2, 0.25) is 0 Å². The number of hydrogen-bond acceptors (Lipinski definition) is 3. The van der Waals surface area contributed by atoms with E-state index in [4.69, 9.17) is 0 Å². The summed E-state index contributed by atoms with van der Waals surface area (Å²) in [6.07, 6.45) is 2.14. The summed E-state index contributed by atoms with van der Waals surface area (Å²) in [5, 5.41) is 6.48. The van der Waals surface area contributed by atoms with Gasteiger partial charge in [0.2, 0.25) is 5.91 Å². The fourth-order valence-corrected chi connectivity index (χ4v) is 2.26. The number of carbonyl (C=O) groups is 1.